The predicted octanol–water partition coefficient (Wildman–Crippen LogP) is 1.33. The van der Waals surface area contributed by atoms with Crippen LogP contribution in [0.5, 0.6) is 0 Å². The Morgan fingerprint density at radius 2 is 1.71 bits per heavy atom. The van der Waals surface area contributed by atoms with Crippen molar-refractivity contribution in [3.05, 3.63) is 54.4 Å². The van der Waals surface area contributed by atoms with Crippen molar-refractivity contribution in [2.75, 3.05) is 0 Å². The number of aromatic nitrogens is 3. The Labute approximate surface area is 97.6 Å². The summed E-state index contributed by atoms with van der Waals surface area (Å²) >= 11 is 0. The van der Waals surface area contributed by atoms with Gasteiger partial charge in [-0.1, -0.05) is 0 Å². The fourth-order valence-electron chi connectivity index (χ4n) is 1.32. The molecule has 0 bridgehead atoms. The number of ketones is 2. The van der Waals surface area contributed by atoms with Crippen molar-refractivity contribution >= 4 is 11.6 Å². The fourth-order valence-corrected chi connectivity index (χ4v) is 1.32. The molecule has 0 N–H and O–H groups in total. The molecule has 0 aromatic carbocycles. The van der Waals surface area contributed by atoms with E-state index >= 15 is 0 Å². The van der Waals surface area contributed by atoms with Crippen LogP contribution in [-0.4, -0.2) is 26.5 Å². The van der Waals surface area contributed by atoms with Gasteiger partial charge in [-0.2, -0.15) is 0 Å². The predicted molar refractivity (Wildman–Crippen MR) is 59.5 cm³/mol. The maximum Gasteiger partial charge on any atom is 0.190 e. The third-order valence-corrected chi connectivity index (χ3v) is 2.17. The minimum atomic E-state index is -0.333. The molecule has 5 heteroatoms. The zero-order valence-corrected chi connectivity index (χ0v) is 8.91. The van der Waals surface area contributed by atoms with Crippen LogP contribution in [0.3, 0.4) is 0 Å². The average molecular weight is 227 g/mol. The molecule has 0 amide bonds. The van der Waals surface area contributed by atoms with Crippen LogP contribution in [0, 0.1) is 0 Å². The molecular formula is C12H9N3O2. The van der Waals surface area contributed by atoms with Crippen LogP contribution in [0.1, 0.15) is 27.3 Å². The van der Waals surface area contributed by atoms with Crippen molar-refractivity contribution in [1.82, 2.24) is 15.0 Å². The number of rotatable bonds is 4. The summed E-state index contributed by atoms with van der Waals surface area (Å²) in [6.45, 7) is 0. The Balaban J connectivity index is 2.08. The summed E-state index contributed by atoms with van der Waals surface area (Å²) in [4.78, 5) is 34.9. The van der Waals surface area contributed by atoms with E-state index in [1.807, 2.05) is 0 Å². The van der Waals surface area contributed by atoms with Crippen LogP contribution >= 0.6 is 0 Å². The maximum atomic E-state index is 11.7. The molecule has 2 aromatic rings. The largest absolute Gasteiger partial charge is 0.294 e. The number of carbonyl (C=O) groups is 2. The zero-order valence-electron chi connectivity index (χ0n) is 8.91. The van der Waals surface area contributed by atoms with Crippen molar-refractivity contribution in [2.45, 2.75) is 6.42 Å². The minimum Gasteiger partial charge on any atom is -0.294 e. The zero-order chi connectivity index (χ0) is 12.1. The van der Waals surface area contributed by atoms with Gasteiger partial charge in [0, 0.05) is 30.4 Å². The first-order valence-corrected chi connectivity index (χ1v) is 5.00. The molecule has 0 saturated heterocycles. The molecule has 2 heterocycles. The van der Waals surface area contributed by atoms with Gasteiger partial charge in [-0.05, 0) is 12.1 Å². The first-order valence-electron chi connectivity index (χ1n) is 5.00. The van der Waals surface area contributed by atoms with Gasteiger partial charge in [0.1, 0.15) is 5.69 Å². The second-order valence-corrected chi connectivity index (χ2v) is 3.35. The molecule has 0 aliphatic heterocycles. The van der Waals surface area contributed by atoms with Crippen LogP contribution in [0.4, 0.5) is 0 Å². The SMILES string of the molecule is O=C(CC(=O)c1cnccn1)c1ccncc1. The number of nitrogens with zero attached hydrogens (tertiary/aromatic N) is 3. The molecule has 0 aliphatic rings. The van der Waals surface area contributed by atoms with Crippen LogP contribution < -0.4 is 0 Å². The third kappa shape index (κ3) is 2.78. The molecule has 0 fully saturated rings. The van der Waals surface area contributed by atoms with Gasteiger partial charge in [0.05, 0.1) is 12.6 Å². The molecule has 0 atom stereocenters. The summed E-state index contributed by atoms with van der Waals surface area (Å²) in [5, 5.41) is 0. The van der Waals surface area contributed by atoms with E-state index in [1.54, 1.807) is 12.1 Å². The van der Waals surface area contributed by atoms with Gasteiger partial charge in [0.25, 0.3) is 0 Å². The average Bonchev–Trinajstić information content (AvgIpc) is 2.40. The Morgan fingerprint density at radius 1 is 0.941 bits per heavy atom. The van der Waals surface area contributed by atoms with Gasteiger partial charge in [-0.15, -0.1) is 0 Å². The minimum absolute atomic E-state index is 0.204. The number of pyridine rings is 1. The first kappa shape index (κ1) is 11.1. The van der Waals surface area contributed by atoms with E-state index in [4.69, 9.17) is 0 Å². The van der Waals surface area contributed by atoms with Crippen LogP contribution in [0.2, 0.25) is 0 Å². The van der Waals surface area contributed by atoms with Crippen LogP contribution in [-0.2, 0) is 0 Å². The number of Topliss-reactive ketones (excluding diaryl/α,β-unsaturated/α-hetero) is 2. The van der Waals surface area contributed by atoms with Gasteiger partial charge in [0.15, 0.2) is 11.6 Å². The van der Waals surface area contributed by atoms with E-state index in [2.05, 4.69) is 15.0 Å². The summed E-state index contributed by atoms with van der Waals surface area (Å²) in [6, 6.07) is 3.15. The summed E-state index contributed by atoms with van der Waals surface area (Å²) < 4.78 is 0. The van der Waals surface area contributed by atoms with Crippen molar-refractivity contribution in [3.63, 3.8) is 0 Å². The molecule has 84 valence electrons. The highest BCUT2D eigenvalue weighted by atomic mass is 16.1. The van der Waals surface area contributed by atoms with Crippen molar-refractivity contribution < 1.29 is 9.59 Å². The summed E-state index contributed by atoms with van der Waals surface area (Å²) in [5.41, 5.74) is 0.673. The van der Waals surface area contributed by atoms with Gasteiger partial charge in [-0.3, -0.25) is 19.6 Å². The maximum absolute atomic E-state index is 11.7. The van der Waals surface area contributed by atoms with E-state index in [1.165, 1.54) is 31.0 Å². The number of carbonyl (C=O) groups excluding carboxylic acids is 2. The number of hydrogen-bond donors (Lipinski definition) is 0. The van der Waals surface area contributed by atoms with E-state index < -0.39 is 0 Å². The second kappa shape index (κ2) is 5.07. The number of hydrogen-bond acceptors (Lipinski definition) is 5. The Morgan fingerprint density at radius 3 is 2.35 bits per heavy atom. The molecule has 17 heavy (non-hydrogen) atoms. The smallest absolute Gasteiger partial charge is 0.190 e. The van der Waals surface area contributed by atoms with E-state index in [0.29, 0.717) is 5.56 Å². The molecule has 0 aliphatic carbocycles. The molecule has 2 rings (SSSR count). The highest BCUT2D eigenvalue weighted by Gasteiger charge is 2.14. The van der Waals surface area contributed by atoms with E-state index in [9.17, 15) is 9.59 Å². The molecule has 0 radical (unpaired) electrons. The Hall–Kier alpha value is -2.43. The monoisotopic (exact) mass is 227 g/mol. The van der Waals surface area contributed by atoms with Crippen LogP contribution in [0.15, 0.2) is 43.1 Å². The highest BCUT2D eigenvalue weighted by Crippen LogP contribution is 2.05. The summed E-state index contributed by atoms with van der Waals surface area (Å²) in [6.07, 6.45) is 7.07. The van der Waals surface area contributed by atoms with Gasteiger partial charge in [-0.25, -0.2) is 4.98 Å². The lowest BCUT2D eigenvalue weighted by molar-refractivity contribution is 0.0891. The van der Waals surface area contributed by atoms with Gasteiger partial charge in [0.2, 0.25) is 0 Å². The Kier molecular flexibility index (Phi) is 3.30. The molecular weight excluding hydrogens is 218 g/mol. The molecule has 0 spiro atoms. The lowest BCUT2D eigenvalue weighted by Crippen LogP contribution is -2.10. The second-order valence-electron chi connectivity index (χ2n) is 3.35. The molecule has 0 saturated carbocycles. The first-order chi connectivity index (χ1) is 8.27. The fraction of sp³-hybridized carbons (Fsp3) is 0.0833. The van der Waals surface area contributed by atoms with Crippen molar-refractivity contribution in [1.29, 1.82) is 0 Å². The molecule has 2 aromatic heterocycles. The standard InChI is InChI=1S/C12H9N3O2/c16-11(9-1-3-13-4-2-9)7-12(17)10-8-14-5-6-15-10/h1-6,8H,7H2. The highest BCUT2D eigenvalue weighted by molar-refractivity contribution is 6.12. The Bertz CT molecular complexity index is 476. The normalized spacial score (nSPS) is 9.88. The van der Waals surface area contributed by atoms with Gasteiger partial charge >= 0.3 is 0 Å². The van der Waals surface area contributed by atoms with Crippen molar-refractivity contribution in [3.8, 4) is 0 Å². The molecule has 0 unspecified atom stereocenters. The topological polar surface area (TPSA) is 72.8 Å². The quantitative estimate of drug-likeness (QED) is 0.582. The lowest BCUT2D eigenvalue weighted by atomic mass is 10.1. The van der Waals surface area contributed by atoms with Crippen molar-refractivity contribution in [2.24, 2.45) is 0 Å². The summed E-state index contributed by atoms with van der Waals surface area (Å²) in [5.74, 6) is -0.581. The molecule has 5 nitrogen and oxygen atoms in total. The lowest BCUT2D eigenvalue weighted by Gasteiger charge is -1.99. The van der Waals surface area contributed by atoms with E-state index in [0.717, 1.165) is 0 Å². The summed E-state index contributed by atoms with van der Waals surface area (Å²) in [7, 11) is 0. The van der Waals surface area contributed by atoms with E-state index in [-0.39, 0.29) is 23.7 Å². The van der Waals surface area contributed by atoms with Crippen LogP contribution in [0.25, 0.3) is 0 Å². The third-order valence-electron chi connectivity index (χ3n) is 2.17. The van der Waals surface area contributed by atoms with Gasteiger partial charge < -0.3 is 0 Å².